The van der Waals surface area contributed by atoms with E-state index in [2.05, 4.69) is 33.4 Å². The normalized spacial score (nSPS) is 19.7. The molecular formula is C15H12BrNO. The zero-order valence-electron chi connectivity index (χ0n) is 9.96. The van der Waals surface area contributed by atoms with Gasteiger partial charge in [-0.1, -0.05) is 34.2 Å². The van der Waals surface area contributed by atoms with Crippen molar-refractivity contribution < 1.29 is 4.79 Å². The summed E-state index contributed by atoms with van der Waals surface area (Å²) >= 11 is 3.46. The van der Waals surface area contributed by atoms with Crippen LogP contribution in [0.2, 0.25) is 0 Å². The van der Waals surface area contributed by atoms with E-state index in [1.165, 1.54) is 5.57 Å². The first-order valence-corrected chi connectivity index (χ1v) is 6.64. The van der Waals surface area contributed by atoms with Crippen molar-refractivity contribution in [3.05, 3.63) is 57.6 Å². The zero-order chi connectivity index (χ0) is 12.7. The zero-order valence-corrected chi connectivity index (χ0v) is 11.5. The van der Waals surface area contributed by atoms with Crippen molar-refractivity contribution >= 4 is 33.1 Å². The molecule has 90 valence electrons. The molecule has 1 aliphatic carbocycles. The minimum Gasteiger partial charge on any atom is -0.321 e. The van der Waals surface area contributed by atoms with E-state index >= 15 is 0 Å². The molecule has 0 spiro atoms. The highest BCUT2D eigenvalue weighted by Crippen LogP contribution is 2.38. The highest BCUT2D eigenvalue weighted by molar-refractivity contribution is 9.10. The lowest BCUT2D eigenvalue weighted by Gasteiger charge is -2.07. The van der Waals surface area contributed by atoms with Crippen LogP contribution in [-0.4, -0.2) is 5.91 Å². The minimum atomic E-state index is -0.00611. The Bertz CT molecular complexity index is 638. The molecule has 2 aliphatic rings. The second-order valence-corrected chi connectivity index (χ2v) is 5.38. The predicted octanol–water partition coefficient (Wildman–Crippen LogP) is 4.06. The van der Waals surface area contributed by atoms with Crippen LogP contribution in [0.1, 0.15) is 18.9 Å². The van der Waals surface area contributed by atoms with Crippen LogP contribution in [0.25, 0.3) is 5.57 Å². The molecule has 1 N–H and O–H groups in total. The second-order valence-electron chi connectivity index (χ2n) is 4.47. The van der Waals surface area contributed by atoms with E-state index in [9.17, 15) is 4.79 Å². The Labute approximate surface area is 114 Å². The van der Waals surface area contributed by atoms with Gasteiger partial charge in [0, 0.05) is 15.7 Å². The van der Waals surface area contributed by atoms with Crippen LogP contribution in [0.4, 0.5) is 5.69 Å². The quantitative estimate of drug-likeness (QED) is 0.779. The minimum absolute atomic E-state index is 0.00611. The van der Waals surface area contributed by atoms with Gasteiger partial charge in [-0.05, 0) is 42.7 Å². The Morgan fingerprint density at radius 1 is 1.39 bits per heavy atom. The molecule has 2 nitrogen and oxygen atoms in total. The van der Waals surface area contributed by atoms with Gasteiger partial charge < -0.3 is 5.32 Å². The van der Waals surface area contributed by atoms with E-state index in [0.717, 1.165) is 33.3 Å². The summed E-state index contributed by atoms with van der Waals surface area (Å²) in [6.07, 6.45) is 7.12. The monoisotopic (exact) mass is 301 g/mol. The molecule has 18 heavy (non-hydrogen) atoms. The van der Waals surface area contributed by atoms with Crippen molar-refractivity contribution in [2.24, 2.45) is 0 Å². The van der Waals surface area contributed by atoms with E-state index in [-0.39, 0.29) is 5.91 Å². The molecular weight excluding hydrogens is 290 g/mol. The lowest BCUT2D eigenvalue weighted by atomic mass is 9.96. The molecule has 3 heteroatoms. The van der Waals surface area contributed by atoms with Crippen molar-refractivity contribution in [1.29, 1.82) is 0 Å². The highest BCUT2D eigenvalue weighted by atomic mass is 79.9. The number of fused-ring (bicyclic) bond motifs is 1. The smallest absolute Gasteiger partial charge is 0.256 e. The molecule has 0 saturated carbocycles. The molecule has 0 saturated heterocycles. The average molecular weight is 302 g/mol. The van der Waals surface area contributed by atoms with E-state index in [1.807, 2.05) is 31.2 Å². The fourth-order valence-corrected chi connectivity index (χ4v) is 2.76. The largest absolute Gasteiger partial charge is 0.321 e. The number of nitrogens with one attached hydrogen (secondary N) is 1. The fourth-order valence-electron chi connectivity index (χ4n) is 2.40. The Morgan fingerprint density at radius 3 is 2.94 bits per heavy atom. The summed E-state index contributed by atoms with van der Waals surface area (Å²) < 4.78 is 0.988. The molecule has 1 amide bonds. The van der Waals surface area contributed by atoms with Gasteiger partial charge in [-0.3, -0.25) is 4.79 Å². The predicted molar refractivity (Wildman–Crippen MR) is 77.2 cm³/mol. The average Bonchev–Trinajstić information content (AvgIpc) is 2.94. The Balaban J connectivity index is 2.16. The van der Waals surface area contributed by atoms with Gasteiger partial charge in [-0.25, -0.2) is 0 Å². The number of hydrogen-bond donors (Lipinski definition) is 1. The molecule has 0 aromatic heterocycles. The van der Waals surface area contributed by atoms with Gasteiger partial charge in [0.2, 0.25) is 0 Å². The van der Waals surface area contributed by atoms with Gasteiger partial charge in [-0.2, -0.15) is 0 Å². The van der Waals surface area contributed by atoms with Crippen molar-refractivity contribution in [3.63, 3.8) is 0 Å². The van der Waals surface area contributed by atoms with Crippen LogP contribution in [0, 0.1) is 0 Å². The SMILES string of the molecule is C/C(C1=CC=CC1)=C1/C(=O)Nc2ccc(Br)cc21. The van der Waals surface area contributed by atoms with Gasteiger partial charge in [0.05, 0.1) is 5.57 Å². The fraction of sp³-hybridized carbons (Fsp3) is 0.133. The number of carbonyl (C=O) groups excluding carboxylic acids is 1. The number of rotatable bonds is 1. The van der Waals surface area contributed by atoms with Crippen LogP contribution >= 0.6 is 15.9 Å². The summed E-state index contributed by atoms with van der Waals surface area (Å²) in [5.74, 6) is -0.00611. The van der Waals surface area contributed by atoms with Crippen molar-refractivity contribution in [2.45, 2.75) is 13.3 Å². The number of allylic oxidation sites excluding steroid dienone is 5. The van der Waals surface area contributed by atoms with Gasteiger partial charge in [0.1, 0.15) is 0 Å². The molecule has 1 aromatic rings. The number of carbonyl (C=O) groups is 1. The molecule has 0 fully saturated rings. The molecule has 1 aliphatic heterocycles. The van der Waals surface area contributed by atoms with E-state index in [0.29, 0.717) is 0 Å². The van der Waals surface area contributed by atoms with Crippen LogP contribution in [0.3, 0.4) is 0 Å². The highest BCUT2D eigenvalue weighted by Gasteiger charge is 2.27. The molecule has 1 aromatic carbocycles. The first-order chi connectivity index (χ1) is 8.66. The third-order valence-electron chi connectivity index (χ3n) is 3.35. The third-order valence-corrected chi connectivity index (χ3v) is 3.85. The Morgan fingerprint density at radius 2 is 2.22 bits per heavy atom. The molecule has 0 bridgehead atoms. The lowest BCUT2D eigenvalue weighted by molar-refractivity contribution is -0.110. The number of amides is 1. The number of halogens is 1. The summed E-state index contributed by atoms with van der Waals surface area (Å²) in [6, 6.07) is 5.86. The van der Waals surface area contributed by atoms with Gasteiger partial charge in [-0.15, -0.1) is 0 Å². The maximum absolute atomic E-state index is 12.1. The van der Waals surface area contributed by atoms with Crippen LogP contribution in [0.5, 0.6) is 0 Å². The number of benzene rings is 1. The van der Waals surface area contributed by atoms with Crippen LogP contribution in [-0.2, 0) is 4.79 Å². The van der Waals surface area contributed by atoms with Crippen molar-refractivity contribution in [1.82, 2.24) is 0 Å². The topological polar surface area (TPSA) is 29.1 Å². The summed E-state index contributed by atoms with van der Waals surface area (Å²) in [5.41, 5.74) is 4.95. The summed E-state index contributed by atoms with van der Waals surface area (Å²) in [7, 11) is 0. The maximum atomic E-state index is 12.1. The van der Waals surface area contributed by atoms with E-state index in [4.69, 9.17) is 0 Å². The molecule has 0 atom stereocenters. The standard InChI is InChI=1S/C15H12BrNO/c1-9(10-4-2-3-5-10)14-12-8-11(16)6-7-13(12)17-15(14)18/h2-4,6-8H,5H2,1H3,(H,17,18)/b14-9-. The van der Waals surface area contributed by atoms with Crippen molar-refractivity contribution in [2.75, 3.05) is 5.32 Å². The summed E-state index contributed by atoms with van der Waals surface area (Å²) in [5, 5.41) is 2.91. The summed E-state index contributed by atoms with van der Waals surface area (Å²) in [4.78, 5) is 12.1. The van der Waals surface area contributed by atoms with Gasteiger partial charge in [0.25, 0.3) is 5.91 Å². The molecule has 3 rings (SSSR count). The summed E-state index contributed by atoms with van der Waals surface area (Å²) in [6.45, 7) is 2.02. The first-order valence-electron chi connectivity index (χ1n) is 5.85. The van der Waals surface area contributed by atoms with Gasteiger partial charge in [0.15, 0.2) is 0 Å². The molecule has 0 unspecified atom stereocenters. The molecule has 1 heterocycles. The number of hydrogen-bond acceptors (Lipinski definition) is 1. The van der Waals surface area contributed by atoms with Crippen LogP contribution in [0.15, 0.2) is 52.0 Å². The van der Waals surface area contributed by atoms with E-state index < -0.39 is 0 Å². The van der Waals surface area contributed by atoms with Crippen molar-refractivity contribution in [3.8, 4) is 0 Å². The lowest BCUT2D eigenvalue weighted by Crippen LogP contribution is -2.05. The Kier molecular flexibility index (Phi) is 2.71. The van der Waals surface area contributed by atoms with Crippen LogP contribution < -0.4 is 5.32 Å². The Hall–Kier alpha value is -1.61. The third kappa shape index (κ3) is 1.75. The maximum Gasteiger partial charge on any atom is 0.256 e. The van der Waals surface area contributed by atoms with E-state index in [1.54, 1.807) is 0 Å². The number of anilines is 1. The van der Waals surface area contributed by atoms with Gasteiger partial charge >= 0.3 is 0 Å². The second kappa shape index (κ2) is 4.25. The molecule has 0 radical (unpaired) electrons. The first kappa shape index (κ1) is 11.5.